The number of hydrogen-bond acceptors (Lipinski definition) is 6. The highest BCUT2D eigenvalue weighted by Crippen LogP contribution is 2.17. The summed E-state index contributed by atoms with van der Waals surface area (Å²) in [6.45, 7) is 4.88. The molecule has 0 aromatic heterocycles. The number of carbonyl (C=O) groups excluding carboxylic acids is 3. The summed E-state index contributed by atoms with van der Waals surface area (Å²) >= 11 is 0. The maximum absolute atomic E-state index is 12.1. The Morgan fingerprint density at radius 3 is 2.23 bits per heavy atom. The van der Waals surface area contributed by atoms with Gasteiger partial charge in [0.2, 0.25) is 5.54 Å². The van der Waals surface area contributed by atoms with Crippen molar-refractivity contribution in [2.75, 3.05) is 0 Å². The van der Waals surface area contributed by atoms with Crippen molar-refractivity contribution in [3.63, 3.8) is 0 Å². The summed E-state index contributed by atoms with van der Waals surface area (Å²) in [6, 6.07) is 8.93. The lowest BCUT2D eigenvalue weighted by molar-refractivity contribution is -0.173. The minimum atomic E-state index is -2.14. The highest BCUT2D eigenvalue weighted by molar-refractivity contribution is 6.06. The molecule has 2 N–H and O–H groups in total. The molecule has 0 aliphatic heterocycles. The van der Waals surface area contributed by atoms with Crippen LogP contribution in [0.5, 0.6) is 0 Å². The van der Waals surface area contributed by atoms with Crippen molar-refractivity contribution < 1.29 is 23.9 Å². The highest BCUT2D eigenvalue weighted by Gasteiger charge is 2.46. The predicted molar refractivity (Wildman–Crippen MR) is 79.7 cm³/mol. The van der Waals surface area contributed by atoms with Crippen LogP contribution in [-0.2, 0) is 30.5 Å². The van der Waals surface area contributed by atoms with Gasteiger partial charge in [0.1, 0.15) is 18.5 Å². The molecule has 6 nitrogen and oxygen atoms in total. The topological polar surface area (TPSA) is 95.7 Å². The van der Waals surface area contributed by atoms with Crippen LogP contribution < -0.4 is 5.73 Å². The van der Waals surface area contributed by atoms with E-state index in [0.717, 1.165) is 5.56 Å². The van der Waals surface area contributed by atoms with E-state index in [4.69, 9.17) is 15.2 Å². The van der Waals surface area contributed by atoms with Crippen LogP contribution in [0.4, 0.5) is 0 Å². The van der Waals surface area contributed by atoms with Gasteiger partial charge in [-0.2, -0.15) is 0 Å². The van der Waals surface area contributed by atoms with Crippen LogP contribution in [0, 0.1) is 0 Å². The fourth-order valence-electron chi connectivity index (χ4n) is 1.60. The maximum atomic E-state index is 12.1. The molecule has 0 spiro atoms. The van der Waals surface area contributed by atoms with Crippen LogP contribution in [0.1, 0.15) is 32.8 Å². The first-order valence-corrected chi connectivity index (χ1v) is 6.86. The minimum absolute atomic E-state index is 0.0414. The van der Waals surface area contributed by atoms with Crippen molar-refractivity contribution in [2.24, 2.45) is 5.73 Å². The Bertz CT molecular complexity index is 535. The van der Waals surface area contributed by atoms with Crippen LogP contribution in [0.3, 0.4) is 0 Å². The Kier molecular flexibility index (Phi) is 5.82. The van der Waals surface area contributed by atoms with Gasteiger partial charge in [0.15, 0.2) is 0 Å². The fraction of sp³-hybridized carbons (Fsp3) is 0.438. The number of ether oxygens (including phenoxy) is 2. The van der Waals surface area contributed by atoms with Gasteiger partial charge in [-0.1, -0.05) is 30.3 Å². The van der Waals surface area contributed by atoms with E-state index in [-0.39, 0.29) is 6.61 Å². The molecule has 1 atom stereocenters. The molecule has 0 amide bonds. The number of rotatable bonds is 6. The molecule has 0 saturated heterocycles. The minimum Gasteiger partial charge on any atom is -0.459 e. The normalized spacial score (nSPS) is 13.8. The summed E-state index contributed by atoms with van der Waals surface area (Å²) < 4.78 is 10.2. The van der Waals surface area contributed by atoms with Crippen molar-refractivity contribution in [3.05, 3.63) is 35.9 Å². The van der Waals surface area contributed by atoms with Gasteiger partial charge >= 0.3 is 11.9 Å². The molecular weight excluding hydrogens is 286 g/mol. The molecule has 0 radical (unpaired) electrons. The van der Waals surface area contributed by atoms with E-state index >= 15 is 0 Å². The Morgan fingerprint density at radius 2 is 1.73 bits per heavy atom. The van der Waals surface area contributed by atoms with Crippen LogP contribution in [0.25, 0.3) is 0 Å². The zero-order valence-corrected chi connectivity index (χ0v) is 13.0. The van der Waals surface area contributed by atoms with E-state index in [0.29, 0.717) is 6.29 Å². The summed E-state index contributed by atoms with van der Waals surface area (Å²) in [5.41, 5.74) is 3.57. The Morgan fingerprint density at radius 1 is 1.14 bits per heavy atom. The van der Waals surface area contributed by atoms with E-state index in [1.54, 1.807) is 45.0 Å². The van der Waals surface area contributed by atoms with E-state index in [9.17, 15) is 14.4 Å². The second kappa shape index (κ2) is 7.17. The molecule has 0 aliphatic carbocycles. The van der Waals surface area contributed by atoms with Gasteiger partial charge in [0, 0.05) is 6.42 Å². The van der Waals surface area contributed by atoms with Crippen molar-refractivity contribution in [2.45, 2.75) is 44.9 Å². The lowest BCUT2D eigenvalue weighted by atomic mass is 9.97. The van der Waals surface area contributed by atoms with Gasteiger partial charge in [0.05, 0.1) is 0 Å². The monoisotopic (exact) mass is 307 g/mol. The summed E-state index contributed by atoms with van der Waals surface area (Å²) in [5, 5.41) is 0. The van der Waals surface area contributed by atoms with E-state index < -0.39 is 29.5 Å². The largest absolute Gasteiger partial charge is 0.459 e. The smallest absolute Gasteiger partial charge is 0.338 e. The average Bonchev–Trinajstić information content (AvgIpc) is 2.44. The first kappa shape index (κ1) is 17.8. The van der Waals surface area contributed by atoms with E-state index in [1.165, 1.54) is 0 Å². The molecule has 0 aliphatic rings. The number of nitrogens with two attached hydrogens (primary N) is 1. The number of benzene rings is 1. The second-order valence-corrected chi connectivity index (χ2v) is 5.91. The molecule has 6 heteroatoms. The molecule has 22 heavy (non-hydrogen) atoms. The molecule has 0 fully saturated rings. The SMILES string of the molecule is CC(C)(C)OC(=O)C(N)(CC=O)C(=O)OCc1ccccc1. The highest BCUT2D eigenvalue weighted by atomic mass is 16.6. The van der Waals surface area contributed by atoms with Crippen LogP contribution in [-0.4, -0.2) is 29.4 Å². The summed E-state index contributed by atoms with van der Waals surface area (Å²) in [5.74, 6) is -1.97. The molecule has 0 bridgehead atoms. The van der Waals surface area contributed by atoms with Crippen LogP contribution in [0.2, 0.25) is 0 Å². The molecule has 0 saturated carbocycles. The molecule has 1 rings (SSSR count). The van der Waals surface area contributed by atoms with Gasteiger partial charge in [-0.05, 0) is 26.3 Å². The van der Waals surface area contributed by atoms with Crippen LogP contribution in [0.15, 0.2) is 30.3 Å². The Balaban J connectivity index is 2.81. The third-order valence-electron chi connectivity index (χ3n) is 2.75. The quantitative estimate of drug-likeness (QED) is 0.484. The van der Waals surface area contributed by atoms with Crippen LogP contribution >= 0.6 is 0 Å². The average molecular weight is 307 g/mol. The number of hydrogen-bond donors (Lipinski definition) is 1. The summed E-state index contributed by atoms with van der Waals surface area (Å²) in [6.07, 6.45) is -0.108. The zero-order chi connectivity index (χ0) is 16.8. The zero-order valence-electron chi connectivity index (χ0n) is 13.0. The van der Waals surface area contributed by atoms with Gasteiger partial charge in [-0.15, -0.1) is 0 Å². The lowest BCUT2D eigenvalue weighted by Gasteiger charge is -2.28. The van der Waals surface area contributed by atoms with Crippen molar-refractivity contribution in [3.8, 4) is 0 Å². The fourth-order valence-corrected chi connectivity index (χ4v) is 1.60. The third-order valence-corrected chi connectivity index (χ3v) is 2.75. The Hall–Kier alpha value is -2.21. The molecular formula is C16H21NO5. The van der Waals surface area contributed by atoms with Gasteiger partial charge in [-0.25, -0.2) is 9.59 Å². The summed E-state index contributed by atoms with van der Waals surface area (Å²) in [7, 11) is 0. The molecule has 1 aromatic rings. The molecule has 1 unspecified atom stereocenters. The van der Waals surface area contributed by atoms with Gasteiger partial charge in [0.25, 0.3) is 0 Å². The number of aldehydes is 1. The van der Waals surface area contributed by atoms with Gasteiger partial charge < -0.3 is 20.0 Å². The number of esters is 2. The Labute approximate surface area is 129 Å². The first-order valence-electron chi connectivity index (χ1n) is 6.86. The first-order chi connectivity index (χ1) is 10.2. The molecule has 1 aromatic carbocycles. The van der Waals surface area contributed by atoms with E-state index in [2.05, 4.69) is 0 Å². The predicted octanol–water partition coefficient (Wildman–Crippen LogP) is 1.36. The second-order valence-electron chi connectivity index (χ2n) is 5.91. The van der Waals surface area contributed by atoms with Crippen molar-refractivity contribution in [1.29, 1.82) is 0 Å². The number of carbonyl (C=O) groups is 3. The van der Waals surface area contributed by atoms with Crippen molar-refractivity contribution in [1.82, 2.24) is 0 Å². The summed E-state index contributed by atoms with van der Waals surface area (Å²) in [4.78, 5) is 35.0. The molecule has 120 valence electrons. The maximum Gasteiger partial charge on any atom is 0.338 e. The standard InChI is InChI=1S/C16H21NO5/c1-15(2,3)22-14(20)16(17,9-10-18)13(19)21-11-12-7-5-4-6-8-12/h4-8,10H,9,11,17H2,1-3H3. The van der Waals surface area contributed by atoms with E-state index in [1.807, 2.05) is 6.07 Å². The lowest BCUT2D eigenvalue weighted by Crippen LogP contribution is -2.58. The third kappa shape index (κ3) is 4.96. The van der Waals surface area contributed by atoms with Crippen molar-refractivity contribution >= 4 is 18.2 Å². The van der Waals surface area contributed by atoms with Gasteiger partial charge in [-0.3, -0.25) is 0 Å². The molecule has 0 heterocycles.